The molecule has 2 aromatic carbocycles. The van der Waals surface area contributed by atoms with Crippen LogP contribution in [0.15, 0.2) is 36.4 Å². The third kappa shape index (κ3) is 4.25. The molecule has 1 amide bonds. The number of hydrogen-bond acceptors (Lipinski definition) is 3. The smallest absolute Gasteiger partial charge is 0.322 e. The highest BCUT2D eigenvalue weighted by Crippen LogP contribution is 2.36. The first-order valence-corrected chi connectivity index (χ1v) is 10.5. The maximum Gasteiger partial charge on any atom is 0.417 e. The van der Waals surface area contributed by atoms with Gasteiger partial charge in [0, 0.05) is 17.8 Å². The summed E-state index contributed by atoms with van der Waals surface area (Å²) in [4.78, 5) is 12.5. The predicted molar refractivity (Wildman–Crippen MR) is 101 cm³/mol. The highest BCUT2D eigenvalue weighted by Gasteiger charge is 2.33. The van der Waals surface area contributed by atoms with E-state index in [-0.39, 0.29) is 11.3 Å². The number of nitrogens with one attached hydrogen (secondary N) is 1. The molecule has 3 rings (SSSR count). The van der Waals surface area contributed by atoms with Crippen molar-refractivity contribution in [1.82, 2.24) is 0 Å². The molecule has 1 aliphatic rings. The van der Waals surface area contributed by atoms with Crippen LogP contribution >= 0.6 is 11.6 Å². The second-order valence-corrected chi connectivity index (χ2v) is 8.74. The number of carbonyl (C=O) groups is 1. The summed E-state index contributed by atoms with van der Waals surface area (Å²) < 4.78 is 63.9. The summed E-state index contributed by atoms with van der Waals surface area (Å²) in [6.45, 7) is 0.363. The van der Waals surface area contributed by atoms with Gasteiger partial charge in [-0.15, -0.1) is 0 Å². The Bertz CT molecular complexity index is 1040. The topological polar surface area (TPSA) is 66.5 Å². The van der Waals surface area contributed by atoms with E-state index in [4.69, 9.17) is 11.6 Å². The van der Waals surface area contributed by atoms with Gasteiger partial charge in [-0.1, -0.05) is 11.6 Å². The van der Waals surface area contributed by atoms with Crippen molar-refractivity contribution in [3.8, 4) is 0 Å². The number of rotatable bonds is 3. The number of anilines is 2. The van der Waals surface area contributed by atoms with Crippen LogP contribution in [-0.4, -0.2) is 27.1 Å². The maximum absolute atomic E-state index is 13.0. The molecule has 0 aromatic heterocycles. The Morgan fingerprint density at radius 1 is 1.18 bits per heavy atom. The van der Waals surface area contributed by atoms with Crippen LogP contribution in [0.4, 0.5) is 24.5 Å². The molecule has 28 heavy (non-hydrogen) atoms. The molecule has 5 nitrogen and oxygen atoms in total. The van der Waals surface area contributed by atoms with Crippen molar-refractivity contribution in [1.29, 1.82) is 0 Å². The molecule has 150 valence electrons. The minimum Gasteiger partial charge on any atom is -0.322 e. The van der Waals surface area contributed by atoms with Crippen molar-refractivity contribution in [2.45, 2.75) is 19.0 Å². The summed E-state index contributed by atoms with van der Waals surface area (Å²) in [6, 6.07) is 7.65. The molecule has 0 aliphatic carbocycles. The Morgan fingerprint density at radius 2 is 1.89 bits per heavy atom. The van der Waals surface area contributed by atoms with Crippen LogP contribution in [0.3, 0.4) is 0 Å². The molecule has 0 bridgehead atoms. The molecule has 0 unspecified atom stereocenters. The molecule has 10 heteroatoms. The SMILES string of the molecule is CS(=O)(=O)N1CCCc2cc(C(=O)Nc3ccc(Cl)c(C(F)(F)F)c3)ccc21. The monoisotopic (exact) mass is 432 g/mol. The van der Waals surface area contributed by atoms with E-state index in [2.05, 4.69) is 5.32 Å². The number of amides is 1. The summed E-state index contributed by atoms with van der Waals surface area (Å²) in [6.07, 6.45) is -2.32. The largest absolute Gasteiger partial charge is 0.417 e. The second-order valence-electron chi connectivity index (χ2n) is 6.43. The number of fused-ring (bicyclic) bond motifs is 1. The van der Waals surface area contributed by atoms with Gasteiger partial charge in [0.25, 0.3) is 5.91 Å². The lowest BCUT2D eigenvalue weighted by atomic mass is 10.0. The van der Waals surface area contributed by atoms with Crippen LogP contribution in [0, 0.1) is 0 Å². The Morgan fingerprint density at radius 3 is 2.54 bits per heavy atom. The normalized spacial score (nSPS) is 14.5. The van der Waals surface area contributed by atoms with Crippen molar-refractivity contribution >= 4 is 38.9 Å². The zero-order valence-electron chi connectivity index (χ0n) is 14.7. The zero-order chi connectivity index (χ0) is 20.7. The van der Waals surface area contributed by atoms with Crippen molar-refractivity contribution in [2.75, 3.05) is 22.4 Å². The molecule has 0 saturated heterocycles. The molecule has 1 aliphatic heterocycles. The van der Waals surface area contributed by atoms with Crippen LogP contribution in [0.2, 0.25) is 5.02 Å². The number of hydrogen-bond donors (Lipinski definition) is 1. The van der Waals surface area contributed by atoms with Crippen molar-refractivity contribution in [3.63, 3.8) is 0 Å². The van der Waals surface area contributed by atoms with Crippen LogP contribution in [0.25, 0.3) is 0 Å². The highest BCUT2D eigenvalue weighted by molar-refractivity contribution is 7.92. The van der Waals surface area contributed by atoms with E-state index in [1.165, 1.54) is 22.5 Å². The van der Waals surface area contributed by atoms with Gasteiger partial charge in [-0.05, 0) is 54.8 Å². The molecular formula is C18H16ClF3N2O3S. The molecule has 0 fully saturated rings. The summed E-state index contributed by atoms with van der Waals surface area (Å²) >= 11 is 5.58. The van der Waals surface area contributed by atoms with Gasteiger partial charge in [-0.3, -0.25) is 9.10 Å². The molecule has 0 atom stereocenters. The molecule has 2 aromatic rings. The van der Waals surface area contributed by atoms with E-state index in [1.54, 1.807) is 6.07 Å². The average Bonchev–Trinajstić information content (AvgIpc) is 2.60. The van der Waals surface area contributed by atoms with Gasteiger partial charge in [0.2, 0.25) is 10.0 Å². The van der Waals surface area contributed by atoms with E-state index >= 15 is 0 Å². The van der Waals surface area contributed by atoms with E-state index < -0.39 is 32.7 Å². The van der Waals surface area contributed by atoms with Crippen molar-refractivity contribution < 1.29 is 26.4 Å². The second kappa shape index (κ2) is 7.29. The van der Waals surface area contributed by atoms with E-state index in [0.29, 0.717) is 30.6 Å². The Labute approximate surface area is 165 Å². The van der Waals surface area contributed by atoms with Crippen LogP contribution < -0.4 is 9.62 Å². The lowest BCUT2D eigenvalue weighted by Crippen LogP contribution is -2.34. The number of alkyl halides is 3. The minimum atomic E-state index is -4.64. The van der Waals surface area contributed by atoms with Crippen molar-refractivity contribution in [3.05, 3.63) is 58.1 Å². The minimum absolute atomic E-state index is 0.0443. The quantitative estimate of drug-likeness (QED) is 0.785. The standard InChI is InChI=1S/C18H16ClF3N2O3S/c1-28(26,27)24-8-2-3-11-9-12(4-7-16(11)24)17(25)23-13-5-6-15(19)14(10-13)18(20,21)22/h4-7,9-10H,2-3,8H2,1H3,(H,23,25). The highest BCUT2D eigenvalue weighted by atomic mass is 35.5. The fourth-order valence-electron chi connectivity index (χ4n) is 3.07. The molecule has 0 radical (unpaired) electrons. The Hall–Kier alpha value is -2.26. The van der Waals surface area contributed by atoms with Crippen LogP contribution in [0.5, 0.6) is 0 Å². The van der Waals surface area contributed by atoms with Crippen molar-refractivity contribution in [2.24, 2.45) is 0 Å². The summed E-state index contributed by atoms with van der Waals surface area (Å²) in [7, 11) is -3.43. The molecule has 0 saturated carbocycles. The predicted octanol–water partition coefficient (Wildman–Crippen LogP) is 4.32. The van der Waals surface area contributed by atoms with Gasteiger partial charge in [-0.25, -0.2) is 8.42 Å². The van der Waals surface area contributed by atoms with Crippen LogP contribution in [-0.2, 0) is 22.6 Å². The molecule has 1 N–H and O–H groups in total. The maximum atomic E-state index is 13.0. The zero-order valence-corrected chi connectivity index (χ0v) is 16.2. The lowest BCUT2D eigenvalue weighted by molar-refractivity contribution is -0.137. The van der Waals surface area contributed by atoms with Gasteiger partial charge >= 0.3 is 6.18 Å². The third-order valence-electron chi connectivity index (χ3n) is 4.35. The number of sulfonamides is 1. The number of aryl methyl sites for hydroxylation is 1. The third-order valence-corrected chi connectivity index (χ3v) is 5.86. The first kappa shape index (κ1) is 20.5. The molecular weight excluding hydrogens is 417 g/mol. The number of halogens is 4. The average molecular weight is 433 g/mol. The number of nitrogens with zero attached hydrogens (tertiary/aromatic N) is 1. The fourth-order valence-corrected chi connectivity index (χ4v) is 4.29. The van der Waals surface area contributed by atoms with Crippen LogP contribution in [0.1, 0.15) is 27.9 Å². The van der Waals surface area contributed by atoms with Gasteiger partial charge in [0.1, 0.15) is 0 Å². The van der Waals surface area contributed by atoms with Gasteiger partial charge < -0.3 is 5.32 Å². The number of carbonyl (C=O) groups excluding carboxylic acids is 1. The van der Waals surface area contributed by atoms with Gasteiger partial charge in [-0.2, -0.15) is 13.2 Å². The number of benzene rings is 2. The van der Waals surface area contributed by atoms with E-state index in [0.717, 1.165) is 18.4 Å². The van der Waals surface area contributed by atoms with E-state index in [9.17, 15) is 26.4 Å². The Kier molecular flexibility index (Phi) is 5.33. The lowest BCUT2D eigenvalue weighted by Gasteiger charge is -2.29. The summed E-state index contributed by atoms with van der Waals surface area (Å²) in [5, 5.41) is 1.96. The first-order valence-electron chi connectivity index (χ1n) is 8.25. The molecule has 1 heterocycles. The fraction of sp³-hybridized carbons (Fsp3) is 0.278. The summed E-state index contributed by atoms with van der Waals surface area (Å²) in [5.74, 6) is -0.602. The van der Waals surface area contributed by atoms with E-state index in [1.807, 2.05) is 0 Å². The molecule has 0 spiro atoms. The van der Waals surface area contributed by atoms with Gasteiger partial charge in [0.05, 0.1) is 22.5 Å². The van der Waals surface area contributed by atoms with Gasteiger partial charge in [0.15, 0.2) is 0 Å². The summed E-state index contributed by atoms with van der Waals surface area (Å²) in [5.41, 5.74) is 0.337. The Balaban J connectivity index is 1.87. The first-order chi connectivity index (χ1) is 13.0.